The Bertz CT molecular complexity index is 620. The van der Waals surface area contributed by atoms with Crippen molar-refractivity contribution in [2.75, 3.05) is 20.1 Å². The van der Waals surface area contributed by atoms with Crippen LogP contribution in [-0.4, -0.2) is 29.6 Å². The molecular formula is C16H19N3. The molecule has 1 saturated heterocycles. The van der Waals surface area contributed by atoms with Crippen molar-refractivity contribution >= 4 is 16.6 Å². The van der Waals surface area contributed by atoms with Gasteiger partial charge in [0.1, 0.15) is 0 Å². The van der Waals surface area contributed by atoms with Gasteiger partial charge in [0.25, 0.3) is 0 Å². The van der Waals surface area contributed by atoms with Crippen molar-refractivity contribution in [1.29, 1.82) is 0 Å². The molecule has 0 spiro atoms. The first-order valence-corrected chi connectivity index (χ1v) is 6.94. The highest BCUT2D eigenvalue weighted by molar-refractivity contribution is 5.84. The minimum absolute atomic E-state index is 0.598. The van der Waals surface area contributed by atoms with Crippen LogP contribution in [0.3, 0.4) is 0 Å². The van der Waals surface area contributed by atoms with Crippen molar-refractivity contribution in [3.63, 3.8) is 0 Å². The van der Waals surface area contributed by atoms with Crippen LogP contribution in [0.2, 0.25) is 0 Å². The molecule has 1 aliphatic rings. The summed E-state index contributed by atoms with van der Waals surface area (Å²) in [6.45, 7) is 9.46. The number of likely N-dealkylation sites (tertiary alicyclic amines) is 1. The van der Waals surface area contributed by atoms with Gasteiger partial charge in [-0.25, -0.2) is 4.85 Å². The number of benzene rings is 1. The summed E-state index contributed by atoms with van der Waals surface area (Å²) in [4.78, 5) is 5.92. The molecule has 1 aliphatic heterocycles. The molecule has 19 heavy (non-hydrogen) atoms. The molecule has 1 aromatic heterocycles. The van der Waals surface area contributed by atoms with Gasteiger partial charge in [-0.3, -0.25) is 0 Å². The van der Waals surface area contributed by atoms with Crippen LogP contribution < -0.4 is 0 Å². The van der Waals surface area contributed by atoms with E-state index in [0.717, 1.165) is 5.69 Å². The topological polar surface area (TPSA) is 12.5 Å². The van der Waals surface area contributed by atoms with Gasteiger partial charge in [-0.05, 0) is 63.0 Å². The van der Waals surface area contributed by atoms with E-state index in [0.29, 0.717) is 6.04 Å². The van der Waals surface area contributed by atoms with Crippen LogP contribution in [0.4, 0.5) is 5.69 Å². The molecule has 3 rings (SSSR count). The molecule has 0 N–H and O–H groups in total. The maximum absolute atomic E-state index is 7.09. The number of aromatic nitrogens is 1. The lowest BCUT2D eigenvalue weighted by Crippen LogP contribution is -2.19. The Morgan fingerprint density at radius 2 is 2.11 bits per heavy atom. The standard InChI is InChI=1S/C16H19N3/c1-17-14-5-6-16-13(12-14)7-11-19(16)15-4-3-9-18(2)10-8-15/h5-7,11-12,15H,3-4,8-10H2,2H3. The zero-order valence-electron chi connectivity index (χ0n) is 11.3. The molecular weight excluding hydrogens is 234 g/mol. The minimum atomic E-state index is 0.598. The van der Waals surface area contributed by atoms with Crippen molar-refractivity contribution in [2.24, 2.45) is 0 Å². The Kier molecular flexibility index (Phi) is 3.27. The highest BCUT2D eigenvalue weighted by Gasteiger charge is 2.17. The molecule has 1 aromatic carbocycles. The van der Waals surface area contributed by atoms with Crippen LogP contribution in [0.5, 0.6) is 0 Å². The Labute approximate surface area is 114 Å². The lowest BCUT2D eigenvalue weighted by atomic mass is 10.1. The molecule has 1 fully saturated rings. The molecule has 1 unspecified atom stereocenters. The van der Waals surface area contributed by atoms with Gasteiger partial charge in [0.05, 0.1) is 6.57 Å². The van der Waals surface area contributed by atoms with Gasteiger partial charge in [-0.15, -0.1) is 0 Å². The van der Waals surface area contributed by atoms with E-state index < -0.39 is 0 Å². The minimum Gasteiger partial charge on any atom is -0.344 e. The number of hydrogen-bond donors (Lipinski definition) is 0. The SMILES string of the molecule is [C-]#[N+]c1ccc2c(ccn2C2CCCN(C)CC2)c1. The predicted octanol–water partition coefficient (Wildman–Crippen LogP) is 3.85. The summed E-state index contributed by atoms with van der Waals surface area (Å²) in [5.74, 6) is 0. The summed E-state index contributed by atoms with van der Waals surface area (Å²) < 4.78 is 2.40. The zero-order chi connectivity index (χ0) is 13.2. The zero-order valence-corrected chi connectivity index (χ0v) is 11.3. The van der Waals surface area contributed by atoms with E-state index in [1.807, 2.05) is 12.1 Å². The molecule has 0 saturated carbocycles. The van der Waals surface area contributed by atoms with Gasteiger partial charge in [-0.2, -0.15) is 0 Å². The maximum Gasteiger partial charge on any atom is 0.187 e. The average Bonchev–Trinajstić information content (AvgIpc) is 2.73. The largest absolute Gasteiger partial charge is 0.344 e. The number of fused-ring (bicyclic) bond motifs is 1. The van der Waals surface area contributed by atoms with E-state index in [1.54, 1.807) is 0 Å². The molecule has 2 aromatic rings. The van der Waals surface area contributed by atoms with Crippen molar-refractivity contribution in [3.8, 4) is 0 Å². The molecule has 0 radical (unpaired) electrons. The summed E-state index contributed by atoms with van der Waals surface area (Å²) in [5, 5.41) is 1.19. The Morgan fingerprint density at radius 1 is 1.21 bits per heavy atom. The molecule has 1 atom stereocenters. The quantitative estimate of drug-likeness (QED) is 0.703. The first-order valence-electron chi connectivity index (χ1n) is 6.94. The van der Waals surface area contributed by atoms with Crippen LogP contribution in [0.25, 0.3) is 15.7 Å². The van der Waals surface area contributed by atoms with Crippen molar-refractivity contribution < 1.29 is 0 Å². The van der Waals surface area contributed by atoms with E-state index in [9.17, 15) is 0 Å². The van der Waals surface area contributed by atoms with Crippen molar-refractivity contribution in [3.05, 3.63) is 41.9 Å². The molecule has 3 heteroatoms. The highest BCUT2D eigenvalue weighted by Crippen LogP contribution is 2.29. The average molecular weight is 253 g/mol. The highest BCUT2D eigenvalue weighted by atomic mass is 15.1. The van der Waals surface area contributed by atoms with Crippen molar-refractivity contribution in [2.45, 2.75) is 25.3 Å². The van der Waals surface area contributed by atoms with E-state index in [2.05, 4.69) is 39.7 Å². The monoisotopic (exact) mass is 253 g/mol. The number of hydrogen-bond acceptors (Lipinski definition) is 1. The third-order valence-corrected chi connectivity index (χ3v) is 4.15. The molecule has 0 bridgehead atoms. The maximum atomic E-state index is 7.09. The first-order chi connectivity index (χ1) is 9.28. The Hall–Kier alpha value is -1.79. The smallest absolute Gasteiger partial charge is 0.187 e. The summed E-state index contributed by atoms with van der Waals surface area (Å²) in [7, 11) is 2.21. The van der Waals surface area contributed by atoms with Gasteiger partial charge in [0, 0.05) is 17.8 Å². The third kappa shape index (κ3) is 2.36. The van der Waals surface area contributed by atoms with E-state index in [4.69, 9.17) is 6.57 Å². The van der Waals surface area contributed by atoms with Crippen LogP contribution >= 0.6 is 0 Å². The van der Waals surface area contributed by atoms with E-state index in [1.165, 1.54) is 43.3 Å². The third-order valence-electron chi connectivity index (χ3n) is 4.15. The lowest BCUT2D eigenvalue weighted by Gasteiger charge is -2.18. The number of rotatable bonds is 1. The second kappa shape index (κ2) is 5.07. The van der Waals surface area contributed by atoms with Crippen LogP contribution in [0, 0.1) is 6.57 Å². The first kappa shape index (κ1) is 12.3. The second-order valence-corrected chi connectivity index (χ2v) is 5.47. The van der Waals surface area contributed by atoms with E-state index in [-0.39, 0.29) is 0 Å². The number of nitrogens with zero attached hydrogens (tertiary/aromatic N) is 3. The fourth-order valence-electron chi connectivity index (χ4n) is 3.04. The van der Waals surface area contributed by atoms with Crippen LogP contribution in [0.15, 0.2) is 30.5 Å². The summed E-state index contributed by atoms with van der Waals surface area (Å²) in [6.07, 6.45) is 5.92. The van der Waals surface area contributed by atoms with Gasteiger partial charge in [-0.1, -0.05) is 6.07 Å². The molecule has 0 amide bonds. The summed E-state index contributed by atoms with van der Waals surface area (Å²) >= 11 is 0. The van der Waals surface area contributed by atoms with Crippen molar-refractivity contribution in [1.82, 2.24) is 9.47 Å². The summed E-state index contributed by atoms with van der Waals surface area (Å²) in [6, 6.07) is 8.74. The Morgan fingerprint density at radius 3 is 2.95 bits per heavy atom. The predicted molar refractivity (Wildman–Crippen MR) is 78.6 cm³/mol. The normalized spacial score (nSPS) is 21.2. The lowest BCUT2D eigenvalue weighted by molar-refractivity contribution is 0.342. The second-order valence-electron chi connectivity index (χ2n) is 5.47. The molecule has 2 heterocycles. The van der Waals surface area contributed by atoms with E-state index >= 15 is 0 Å². The van der Waals surface area contributed by atoms with Gasteiger partial charge >= 0.3 is 0 Å². The van der Waals surface area contributed by atoms with Crippen LogP contribution in [0.1, 0.15) is 25.3 Å². The fraction of sp³-hybridized carbons (Fsp3) is 0.438. The van der Waals surface area contributed by atoms with Gasteiger partial charge in [0.2, 0.25) is 0 Å². The molecule has 0 aliphatic carbocycles. The summed E-state index contributed by atoms with van der Waals surface area (Å²) in [5.41, 5.74) is 1.99. The van der Waals surface area contributed by atoms with Crippen LogP contribution in [-0.2, 0) is 0 Å². The van der Waals surface area contributed by atoms with Gasteiger partial charge in [0.15, 0.2) is 5.69 Å². The molecule has 3 nitrogen and oxygen atoms in total. The molecule has 98 valence electrons. The van der Waals surface area contributed by atoms with Gasteiger partial charge < -0.3 is 9.47 Å². The fourth-order valence-corrected chi connectivity index (χ4v) is 3.04. The Balaban J connectivity index is 1.94.